The Hall–Kier alpha value is -2.28. The second kappa shape index (κ2) is 5.37. The lowest BCUT2D eigenvalue weighted by molar-refractivity contribution is -0.114. The minimum absolute atomic E-state index is 0.0731. The number of rotatable bonds is 2. The smallest absolute Gasteiger partial charge is 0.221 e. The molecule has 92 valence electrons. The van der Waals surface area contributed by atoms with E-state index in [1.165, 1.54) is 6.92 Å². The summed E-state index contributed by atoms with van der Waals surface area (Å²) in [6.07, 6.45) is 3.45. The summed E-state index contributed by atoms with van der Waals surface area (Å²) < 4.78 is 5.56. The van der Waals surface area contributed by atoms with Crippen LogP contribution in [0.3, 0.4) is 0 Å². The summed E-state index contributed by atoms with van der Waals surface area (Å²) in [4.78, 5) is 10.9. The van der Waals surface area contributed by atoms with Crippen LogP contribution in [-0.2, 0) is 9.53 Å². The van der Waals surface area contributed by atoms with Crippen molar-refractivity contribution < 1.29 is 9.53 Å². The molecule has 0 saturated heterocycles. The van der Waals surface area contributed by atoms with Gasteiger partial charge in [0.25, 0.3) is 0 Å². The molecule has 0 spiro atoms. The molecule has 0 saturated carbocycles. The van der Waals surface area contributed by atoms with Crippen molar-refractivity contribution >= 4 is 11.6 Å². The van der Waals surface area contributed by atoms with E-state index in [-0.39, 0.29) is 12.0 Å². The Morgan fingerprint density at radius 1 is 1.44 bits per heavy atom. The molecule has 1 aliphatic rings. The third-order valence-corrected chi connectivity index (χ3v) is 2.74. The molecule has 18 heavy (non-hydrogen) atoms. The van der Waals surface area contributed by atoms with Gasteiger partial charge in [-0.05, 0) is 36.6 Å². The number of allylic oxidation sites excluding steroid dienone is 2. The van der Waals surface area contributed by atoms with Gasteiger partial charge in [0, 0.05) is 12.6 Å². The minimum Gasteiger partial charge on any atom is -0.476 e. The second-order valence-electron chi connectivity index (χ2n) is 4.17. The SMILES string of the molecule is CC(=O)Nc1ccc(C2CCC=C(C#N)O2)cc1. The molecule has 0 bridgehead atoms. The van der Waals surface area contributed by atoms with E-state index >= 15 is 0 Å². The molecule has 4 nitrogen and oxygen atoms in total. The van der Waals surface area contributed by atoms with Crippen LogP contribution in [0.5, 0.6) is 0 Å². The summed E-state index contributed by atoms with van der Waals surface area (Å²) >= 11 is 0. The molecule has 1 aromatic carbocycles. The number of hydrogen-bond donors (Lipinski definition) is 1. The van der Waals surface area contributed by atoms with Crippen LogP contribution in [0.25, 0.3) is 0 Å². The van der Waals surface area contributed by atoms with Crippen molar-refractivity contribution in [3.63, 3.8) is 0 Å². The van der Waals surface area contributed by atoms with E-state index in [0.29, 0.717) is 5.76 Å². The van der Waals surface area contributed by atoms with E-state index in [2.05, 4.69) is 5.32 Å². The topological polar surface area (TPSA) is 62.1 Å². The normalized spacial score (nSPS) is 18.2. The van der Waals surface area contributed by atoms with Gasteiger partial charge >= 0.3 is 0 Å². The fourth-order valence-corrected chi connectivity index (χ4v) is 1.92. The number of nitrogens with zero attached hydrogens (tertiary/aromatic N) is 1. The Morgan fingerprint density at radius 3 is 2.78 bits per heavy atom. The van der Waals surface area contributed by atoms with E-state index < -0.39 is 0 Å². The van der Waals surface area contributed by atoms with Crippen LogP contribution in [0, 0.1) is 11.3 Å². The molecule has 0 radical (unpaired) electrons. The number of hydrogen-bond acceptors (Lipinski definition) is 3. The standard InChI is InChI=1S/C14H14N2O2/c1-10(17)16-12-7-5-11(6-8-12)14-4-2-3-13(9-15)18-14/h3,5-8,14H,2,4H2,1H3,(H,16,17). The van der Waals surface area contributed by atoms with Gasteiger partial charge in [0.15, 0.2) is 5.76 Å². The Labute approximate surface area is 106 Å². The van der Waals surface area contributed by atoms with Crippen molar-refractivity contribution in [2.45, 2.75) is 25.9 Å². The number of carbonyl (C=O) groups excluding carboxylic acids is 1. The zero-order valence-corrected chi connectivity index (χ0v) is 10.1. The van der Waals surface area contributed by atoms with Gasteiger partial charge in [-0.2, -0.15) is 5.26 Å². The van der Waals surface area contributed by atoms with E-state index in [4.69, 9.17) is 10.00 Å². The first-order valence-electron chi connectivity index (χ1n) is 5.83. The van der Waals surface area contributed by atoms with Gasteiger partial charge in [0.05, 0.1) is 0 Å². The van der Waals surface area contributed by atoms with Crippen molar-refractivity contribution in [3.05, 3.63) is 41.7 Å². The number of benzene rings is 1. The fraction of sp³-hybridized carbons (Fsp3) is 0.286. The van der Waals surface area contributed by atoms with Gasteiger partial charge in [-0.25, -0.2) is 0 Å². The molecule has 1 aliphatic heterocycles. The van der Waals surface area contributed by atoms with Crippen molar-refractivity contribution in [2.24, 2.45) is 0 Å². The molecule has 1 atom stereocenters. The quantitative estimate of drug-likeness (QED) is 0.867. The third-order valence-electron chi connectivity index (χ3n) is 2.74. The number of carbonyl (C=O) groups is 1. The first-order chi connectivity index (χ1) is 8.69. The molecule has 1 aromatic rings. The number of ether oxygens (including phenoxy) is 1. The largest absolute Gasteiger partial charge is 0.476 e. The van der Waals surface area contributed by atoms with Gasteiger partial charge in [-0.3, -0.25) is 4.79 Å². The van der Waals surface area contributed by atoms with Crippen LogP contribution in [0.15, 0.2) is 36.1 Å². The molecule has 2 rings (SSSR count). The van der Waals surface area contributed by atoms with Crippen LogP contribution >= 0.6 is 0 Å². The van der Waals surface area contributed by atoms with Gasteiger partial charge in [-0.15, -0.1) is 0 Å². The average molecular weight is 242 g/mol. The Bertz CT molecular complexity index is 512. The highest BCUT2D eigenvalue weighted by atomic mass is 16.5. The molecule has 0 aromatic heterocycles. The molecule has 1 amide bonds. The lowest BCUT2D eigenvalue weighted by Gasteiger charge is -2.22. The highest BCUT2D eigenvalue weighted by Crippen LogP contribution is 2.30. The van der Waals surface area contributed by atoms with E-state index in [1.807, 2.05) is 36.4 Å². The zero-order valence-electron chi connectivity index (χ0n) is 10.1. The van der Waals surface area contributed by atoms with E-state index in [9.17, 15) is 4.79 Å². The third kappa shape index (κ3) is 2.89. The van der Waals surface area contributed by atoms with Gasteiger partial charge in [-0.1, -0.05) is 12.1 Å². The molecular formula is C14H14N2O2. The number of nitrogens with one attached hydrogen (secondary N) is 1. The maximum Gasteiger partial charge on any atom is 0.221 e. The van der Waals surface area contributed by atoms with Crippen molar-refractivity contribution in [1.82, 2.24) is 0 Å². The van der Waals surface area contributed by atoms with Crippen LogP contribution in [0.4, 0.5) is 5.69 Å². The minimum atomic E-state index is -0.0913. The lowest BCUT2D eigenvalue weighted by Crippen LogP contribution is -2.09. The molecule has 0 fully saturated rings. The highest BCUT2D eigenvalue weighted by molar-refractivity contribution is 5.88. The van der Waals surface area contributed by atoms with E-state index in [1.54, 1.807) is 0 Å². The van der Waals surface area contributed by atoms with Crippen LogP contribution < -0.4 is 5.32 Å². The monoisotopic (exact) mass is 242 g/mol. The summed E-state index contributed by atoms with van der Waals surface area (Å²) in [6.45, 7) is 1.47. The van der Waals surface area contributed by atoms with Crippen molar-refractivity contribution in [3.8, 4) is 6.07 Å². The number of amides is 1. The zero-order chi connectivity index (χ0) is 13.0. The number of anilines is 1. The van der Waals surface area contributed by atoms with Crippen molar-refractivity contribution in [1.29, 1.82) is 5.26 Å². The lowest BCUT2D eigenvalue weighted by atomic mass is 10.0. The first-order valence-corrected chi connectivity index (χ1v) is 5.83. The van der Waals surface area contributed by atoms with Crippen LogP contribution in [0.2, 0.25) is 0 Å². The predicted octanol–water partition coefficient (Wildman–Crippen LogP) is 2.90. The average Bonchev–Trinajstić information content (AvgIpc) is 2.39. The molecule has 0 aliphatic carbocycles. The van der Waals surface area contributed by atoms with Crippen molar-refractivity contribution in [2.75, 3.05) is 5.32 Å². The first kappa shape index (κ1) is 12.2. The predicted molar refractivity (Wildman–Crippen MR) is 67.5 cm³/mol. The summed E-state index contributed by atoms with van der Waals surface area (Å²) in [5.41, 5.74) is 1.78. The van der Waals surface area contributed by atoms with Gasteiger partial charge < -0.3 is 10.1 Å². The summed E-state index contributed by atoms with van der Waals surface area (Å²) in [5.74, 6) is 0.295. The molecule has 4 heteroatoms. The number of nitriles is 1. The summed E-state index contributed by atoms with van der Waals surface area (Å²) in [6, 6.07) is 9.52. The van der Waals surface area contributed by atoms with Gasteiger partial charge in [0.1, 0.15) is 12.2 Å². The van der Waals surface area contributed by atoms with E-state index in [0.717, 1.165) is 24.1 Å². The molecule has 1 N–H and O–H groups in total. The molecule has 1 heterocycles. The Balaban J connectivity index is 2.08. The van der Waals surface area contributed by atoms with Crippen LogP contribution in [-0.4, -0.2) is 5.91 Å². The summed E-state index contributed by atoms with van der Waals surface area (Å²) in [5, 5.41) is 11.5. The molecular weight excluding hydrogens is 228 g/mol. The maximum absolute atomic E-state index is 10.9. The summed E-state index contributed by atoms with van der Waals surface area (Å²) in [7, 11) is 0. The Kier molecular flexibility index (Phi) is 3.63. The molecule has 1 unspecified atom stereocenters. The highest BCUT2D eigenvalue weighted by Gasteiger charge is 2.18. The maximum atomic E-state index is 10.9. The second-order valence-corrected chi connectivity index (χ2v) is 4.17. The van der Waals surface area contributed by atoms with Crippen LogP contribution in [0.1, 0.15) is 31.4 Å². The van der Waals surface area contributed by atoms with Gasteiger partial charge in [0.2, 0.25) is 5.91 Å². The Morgan fingerprint density at radius 2 is 2.17 bits per heavy atom. The fourth-order valence-electron chi connectivity index (χ4n) is 1.92.